The Hall–Kier alpha value is -1.14. The number of hydrogen-bond donors (Lipinski definition) is 4. The van der Waals surface area contributed by atoms with Gasteiger partial charge in [0, 0.05) is 12.8 Å². The Morgan fingerprint density at radius 2 is 0.438 bits per heavy atom. The highest BCUT2D eigenvalue weighted by Gasteiger charge is 1.99. The van der Waals surface area contributed by atoms with E-state index < -0.39 is 11.9 Å². The van der Waals surface area contributed by atoms with Crippen LogP contribution in [0.3, 0.4) is 0 Å². The van der Waals surface area contributed by atoms with Crippen molar-refractivity contribution in [3.8, 4) is 0 Å². The lowest BCUT2D eigenvalue weighted by molar-refractivity contribution is -0.138. The molecule has 0 unspecified atom stereocenters. The second kappa shape index (κ2) is 50.2. The summed E-state index contributed by atoms with van der Waals surface area (Å²) in [4.78, 5) is 20.7. The summed E-state index contributed by atoms with van der Waals surface area (Å²) in [5.74, 6) is -1.30. The summed E-state index contributed by atoms with van der Waals surface area (Å²) in [6.45, 7) is 4.30. The summed E-state index contributed by atoms with van der Waals surface area (Å²) in [5, 5.41) is 32.3. The molecule has 0 aliphatic heterocycles. The largest absolute Gasteiger partial charge is 0.481 e. The monoisotopic (exact) mass is 687 g/mol. The molecule has 0 heterocycles. The zero-order chi connectivity index (χ0) is 36.0. The van der Waals surface area contributed by atoms with Crippen LogP contribution in [0.5, 0.6) is 0 Å². The molecule has 0 amide bonds. The van der Waals surface area contributed by atoms with E-state index in [4.69, 9.17) is 20.4 Å². The van der Waals surface area contributed by atoms with Gasteiger partial charge in [0.05, 0.1) is 13.2 Å². The molecular formula is C42H86O6. The summed E-state index contributed by atoms with van der Waals surface area (Å²) >= 11 is 0. The molecule has 6 nitrogen and oxygen atoms in total. The van der Waals surface area contributed by atoms with Crippen molar-refractivity contribution in [3.05, 3.63) is 0 Å². The summed E-state index contributed by atoms with van der Waals surface area (Å²) in [5.41, 5.74) is 0. The van der Waals surface area contributed by atoms with E-state index in [0.29, 0.717) is 12.8 Å². The van der Waals surface area contributed by atoms with Gasteiger partial charge in [-0.15, -0.1) is 0 Å². The predicted molar refractivity (Wildman–Crippen MR) is 207 cm³/mol. The van der Waals surface area contributed by atoms with Gasteiger partial charge in [0.15, 0.2) is 0 Å². The van der Waals surface area contributed by atoms with E-state index in [1.807, 2.05) is 0 Å². The fraction of sp³-hybridized carbons (Fsp3) is 0.952. The molecule has 0 spiro atoms. The summed E-state index contributed by atoms with van der Waals surface area (Å²) < 4.78 is 0. The zero-order valence-corrected chi connectivity index (χ0v) is 32.5. The van der Waals surface area contributed by atoms with E-state index >= 15 is 0 Å². The first-order valence-corrected chi connectivity index (χ1v) is 21.1. The van der Waals surface area contributed by atoms with Crippen LogP contribution in [0.25, 0.3) is 0 Å². The molecule has 0 bridgehead atoms. The van der Waals surface area contributed by atoms with Gasteiger partial charge in [-0.3, -0.25) is 9.59 Å². The van der Waals surface area contributed by atoms with Crippen molar-refractivity contribution in [2.45, 2.75) is 245 Å². The minimum absolute atomic E-state index is 0.125. The molecular weight excluding hydrogens is 600 g/mol. The number of hydrogen-bond acceptors (Lipinski definition) is 4. The lowest BCUT2D eigenvalue weighted by atomic mass is 10.0. The highest BCUT2D eigenvalue weighted by Crippen LogP contribution is 2.16. The van der Waals surface area contributed by atoms with Crippen LogP contribution in [0.4, 0.5) is 0 Å². The topological polar surface area (TPSA) is 115 Å². The van der Waals surface area contributed by atoms with Crippen LogP contribution in [0, 0.1) is 0 Å². The van der Waals surface area contributed by atoms with Crippen LogP contribution >= 0.6 is 0 Å². The molecule has 0 fully saturated rings. The molecule has 290 valence electrons. The van der Waals surface area contributed by atoms with Crippen molar-refractivity contribution >= 4 is 11.9 Å². The molecule has 4 N–H and O–H groups in total. The number of carboxylic acid groups (broad SMARTS) is 2. The number of carbonyl (C=O) groups is 2. The molecule has 0 radical (unpaired) electrons. The number of aliphatic carboxylic acids is 2. The molecule has 6 heteroatoms. The Morgan fingerprint density at radius 3 is 0.562 bits per heavy atom. The van der Waals surface area contributed by atoms with Crippen molar-refractivity contribution < 1.29 is 30.0 Å². The van der Waals surface area contributed by atoms with Gasteiger partial charge in [-0.1, -0.05) is 219 Å². The van der Waals surface area contributed by atoms with Gasteiger partial charge in [0.2, 0.25) is 0 Å². The van der Waals surface area contributed by atoms with Gasteiger partial charge in [0.1, 0.15) is 0 Å². The summed E-state index contributed by atoms with van der Waals surface area (Å²) in [7, 11) is 0. The van der Waals surface area contributed by atoms with Gasteiger partial charge in [-0.25, -0.2) is 0 Å². The third-order valence-corrected chi connectivity index (χ3v) is 9.09. The Kier molecular flexibility index (Phi) is 53.6. The smallest absolute Gasteiger partial charge is 0.303 e. The Bertz CT molecular complexity index is 532. The number of aliphatic hydroxyl groups excluding tert-OH is 2. The molecule has 48 heavy (non-hydrogen) atoms. The van der Waals surface area contributed by atoms with E-state index in [9.17, 15) is 9.59 Å². The van der Waals surface area contributed by atoms with Gasteiger partial charge in [-0.2, -0.15) is 0 Å². The van der Waals surface area contributed by atoms with Gasteiger partial charge >= 0.3 is 11.9 Å². The number of carboxylic acids is 2. The van der Waals surface area contributed by atoms with Crippen LogP contribution in [-0.4, -0.2) is 45.6 Å². The minimum Gasteiger partial charge on any atom is -0.481 e. The van der Waals surface area contributed by atoms with Crippen molar-refractivity contribution in [1.29, 1.82) is 0 Å². The molecule has 0 aliphatic rings. The Morgan fingerprint density at radius 1 is 0.292 bits per heavy atom. The maximum atomic E-state index is 10.4. The Balaban J connectivity index is -0.000000758. The third kappa shape index (κ3) is 60.2. The molecule has 0 aromatic carbocycles. The molecule has 0 aromatic rings. The van der Waals surface area contributed by atoms with Gasteiger partial charge in [-0.05, 0) is 12.8 Å². The molecule has 0 saturated heterocycles. The number of rotatable bonds is 37. The number of aliphatic hydroxyl groups is 2. The molecule has 0 aromatic heterocycles. The first-order valence-electron chi connectivity index (χ1n) is 21.1. The van der Waals surface area contributed by atoms with Crippen molar-refractivity contribution in [1.82, 2.24) is 0 Å². The van der Waals surface area contributed by atoms with Crippen LogP contribution in [-0.2, 0) is 9.59 Å². The van der Waals surface area contributed by atoms with Gasteiger partial charge < -0.3 is 20.4 Å². The average Bonchev–Trinajstić information content (AvgIpc) is 3.07. The third-order valence-electron chi connectivity index (χ3n) is 9.09. The Labute approximate surface area is 299 Å². The van der Waals surface area contributed by atoms with Crippen LogP contribution < -0.4 is 0 Å². The number of unbranched alkanes of at least 4 members (excludes halogenated alkanes) is 32. The second-order valence-corrected chi connectivity index (χ2v) is 14.0. The van der Waals surface area contributed by atoms with Crippen molar-refractivity contribution in [2.75, 3.05) is 13.2 Å². The van der Waals surface area contributed by atoms with E-state index in [0.717, 1.165) is 25.7 Å². The molecule has 0 rings (SSSR count). The quantitative estimate of drug-likeness (QED) is 0.0483. The molecule has 0 aliphatic carbocycles. The van der Waals surface area contributed by atoms with Gasteiger partial charge in [0.25, 0.3) is 0 Å². The van der Waals surface area contributed by atoms with Crippen molar-refractivity contribution in [2.24, 2.45) is 0 Å². The zero-order valence-electron chi connectivity index (χ0n) is 32.5. The van der Waals surface area contributed by atoms with Crippen LogP contribution in [0.2, 0.25) is 0 Å². The SMILES string of the molecule is CCCCCCCCCCCCCCCCCCCC(=O)O.CCCCCCCCCCCCCCCCCCCC(=O)O.OCCO. The predicted octanol–water partition coefficient (Wildman–Crippen LogP) is 13.2. The lowest BCUT2D eigenvalue weighted by Gasteiger charge is -2.03. The van der Waals surface area contributed by atoms with Crippen molar-refractivity contribution in [3.63, 3.8) is 0 Å². The van der Waals surface area contributed by atoms with E-state index in [1.165, 1.54) is 193 Å². The first-order chi connectivity index (χ1) is 23.5. The fourth-order valence-corrected chi connectivity index (χ4v) is 6.00. The highest BCUT2D eigenvalue weighted by atomic mass is 16.4. The second-order valence-electron chi connectivity index (χ2n) is 14.0. The normalized spacial score (nSPS) is 10.7. The van der Waals surface area contributed by atoms with E-state index in [-0.39, 0.29) is 13.2 Å². The maximum Gasteiger partial charge on any atom is 0.303 e. The highest BCUT2D eigenvalue weighted by molar-refractivity contribution is 5.66. The van der Waals surface area contributed by atoms with Crippen LogP contribution in [0.1, 0.15) is 245 Å². The average molecular weight is 687 g/mol. The fourth-order valence-electron chi connectivity index (χ4n) is 6.00. The minimum atomic E-state index is -0.652. The standard InChI is InChI=1S/2C20H40O2.C2H6O2/c2*1-2-3-4-5-6-7-8-9-10-11-12-13-14-15-16-17-18-19-20(21)22;3-1-2-4/h2*2-19H2,1H3,(H,21,22);3-4H,1-2H2. The van der Waals surface area contributed by atoms with E-state index in [1.54, 1.807) is 0 Å². The summed E-state index contributed by atoms with van der Waals surface area (Å²) in [6.07, 6.45) is 46.3. The lowest BCUT2D eigenvalue weighted by Crippen LogP contribution is -1.93. The molecule has 0 atom stereocenters. The summed E-state index contributed by atoms with van der Waals surface area (Å²) in [6, 6.07) is 0. The first kappa shape index (κ1) is 51.2. The van der Waals surface area contributed by atoms with E-state index in [2.05, 4.69) is 13.8 Å². The maximum absolute atomic E-state index is 10.4. The molecule has 0 saturated carbocycles. The van der Waals surface area contributed by atoms with Crippen LogP contribution in [0.15, 0.2) is 0 Å².